The lowest BCUT2D eigenvalue weighted by Gasteiger charge is -2.06. The lowest BCUT2D eigenvalue weighted by molar-refractivity contribution is 0.488. The van der Waals surface area contributed by atoms with Gasteiger partial charge in [0.15, 0.2) is 5.13 Å². The largest absolute Gasteiger partial charge is 0.445 e. The Hall–Kier alpha value is -1.86. The van der Waals surface area contributed by atoms with Gasteiger partial charge < -0.3 is 10.5 Å². The van der Waals surface area contributed by atoms with Crippen molar-refractivity contribution in [2.24, 2.45) is 5.14 Å². The first kappa shape index (κ1) is 17.5. The molecule has 1 saturated heterocycles. The van der Waals surface area contributed by atoms with Crippen LogP contribution in [0.4, 0.5) is 9.52 Å². The molecule has 1 aromatic heterocycles. The molecule has 1 aliphatic heterocycles. The molecule has 9 heteroatoms. The zero-order valence-electron chi connectivity index (χ0n) is 12.2. The molecule has 1 aromatic carbocycles. The van der Waals surface area contributed by atoms with Gasteiger partial charge in [0.05, 0.1) is 17.8 Å². The Labute approximate surface area is 142 Å². The molecule has 0 atom stereocenters. The second kappa shape index (κ2) is 8.69. The van der Waals surface area contributed by atoms with Crippen LogP contribution in [0, 0.1) is 17.1 Å². The Kier molecular flexibility index (Phi) is 6.61. The third-order valence-electron chi connectivity index (χ3n) is 2.94. The standard InChI is InChI=1S/C10H6FN3OS.C4H10N2S/c11-7-1-6(4-12)2-8(3-7)15-9-5-14-10(13)16-9;5-7-6-3-1-2-4-6/h1-3,5H,(H2,13,14);1-5H2. The highest BCUT2D eigenvalue weighted by Gasteiger charge is 2.08. The van der Waals surface area contributed by atoms with E-state index >= 15 is 0 Å². The van der Waals surface area contributed by atoms with Crippen LogP contribution in [0.25, 0.3) is 0 Å². The Morgan fingerprint density at radius 3 is 2.61 bits per heavy atom. The minimum atomic E-state index is -0.522. The molecule has 23 heavy (non-hydrogen) atoms. The summed E-state index contributed by atoms with van der Waals surface area (Å²) in [5.74, 6) is -0.272. The first-order valence-corrected chi connectivity index (χ1v) is 8.47. The fraction of sp³-hybridized carbons (Fsp3) is 0.286. The molecule has 3 rings (SSSR count). The molecule has 4 N–H and O–H groups in total. The number of aromatic nitrogens is 1. The van der Waals surface area contributed by atoms with Gasteiger partial charge in [-0.25, -0.2) is 13.7 Å². The lowest BCUT2D eigenvalue weighted by Crippen LogP contribution is -2.11. The minimum absolute atomic E-state index is 0.201. The van der Waals surface area contributed by atoms with E-state index < -0.39 is 5.82 Å². The van der Waals surface area contributed by atoms with E-state index in [0.717, 1.165) is 17.4 Å². The van der Waals surface area contributed by atoms with E-state index in [4.69, 9.17) is 20.9 Å². The number of hydrogen-bond donors (Lipinski definition) is 2. The number of nitrogens with two attached hydrogens (primary N) is 2. The second-order valence-corrected chi connectivity index (χ2v) is 6.40. The van der Waals surface area contributed by atoms with Gasteiger partial charge in [-0.05, 0) is 25.0 Å². The third kappa shape index (κ3) is 5.69. The van der Waals surface area contributed by atoms with E-state index in [1.165, 1.54) is 56.4 Å². The molecule has 122 valence electrons. The Bertz CT molecular complexity index is 682. The van der Waals surface area contributed by atoms with Crippen molar-refractivity contribution in [3.63, 3.8) is 0 Å². The topological polar surface area (TPSA) is 101 Å². The van der Waals surface area contributed by atoms with Crippen LogP contribution in [0.15, 0.2) is 24.4 Å². The predicted octanol–water partition coefficient (Wildman–Crippen LogP) is 3.13. The van der Waals surface area contributed by atoms with Crippen LogP contribution in [0.5, 0.6) is 10.8 Å². The zero-order valence-corrected chi connectivity index (χ0v) is 13.9. The SMILES string of the molecule is N#Cc1cc(F)cc(Oc2cnc(N)s2)c1.NSN1CCCC1. The number of rotatable bonds is 3. The molecule has 1 aliphatic rings. The number of nitriles is 1. The number of hydrogen-bond acceptors (Lipinski definition) is 8. The molecule has 0 bridgehead atoms. The van der Waals surface area contributed by atoms with E-state index in [9.17, 15) is 4.39 Å². The van der Waals surface area contributed by atoms with Crippen LogP contribution < -0.4 is 15.6 Å². The molecule has 0 amide bonds. The van der Waals surface area contributed by atoms with E-state index in [0.29, 0.717) is 10.2 Å². The first-order valence-electron chi connectivity index (χ1n) is 6.82. The Balaban J connectivity index is 0.000000229. The first-order chi connectivity index (χ1) is 11.1. The van der Waals surface area contributed by atoms with Gasteiger partial charge >= 0.3 is 0 Å². The number of ether oxygens (including phenoxy) is 1. The molecule has 0 unspecified atom stereocenters. The smallest absolute Gasteiger partial charge is 0.202 e. The van der Waals surface area contributed by atoms with E-state index in [-0.39, 0.29) is 11.3 Å². The van der Waals surface area contributed by atoms with Crippen LogP contribution in [0.1, 0.15) is 18.4 Å². The summed E-state index contributed by atoms with van der Waals surface area (Å²) >= 11 is 2.51. The number of thiazole rings is 1. The van der Waals surface area contributed by atoms with Gasteiger partial charge in [0, 0.05) is 31.3 Å². The van der Waals surface area contributed by atoms with Crippen LogP contribution in [-0.2, 0) is 0 Å². The molecule has 0 radical (unpaired) electrons. The summed E-state index contributed by atoms with van der Waals surface area (Å²) in [6, 6.07) is 5.61. The summed E-state index contributed by atoms with van der Waals surface area (Å²) in [6.45, 7) is 2.36. The normalized spacial score (nSPS) is 14.0. The van der Waals surface area contributed by atoms with Gasteiger partial charge in [0.1, 0.15) is 11.6 Å². The second-order valence-electron chi connectivity index (χ2n) is 4.65. The minimum Gasteiger partial charge on any atom is -0.445 e. The van der Waals surface area contributed by atoms with E-state index in [1.807, 2.05) is 6.07 Å². The number of nitrogen functional groups attached to an aromatic ring is 1. The molecular weight excluding hydrogens is 337 g/mol. The number of halogens is 1. The van der Waals surface area contributed by atoms with E-state index in [2.05, 4.69) is 9.29 Å². The summed E-state index contributed by atoms with van der Waals surface area (Å²) in [5, 5.41) is 14.7. The van der Waals surface area contributed by atoms with Gasteiger partial charge in [-0.3, -0.25) is 5.14 Å². The molecule has 0 spiro atoms. The maximum absolute atomic E-state index is 13.1. The highest BCUT2D eigenvalue weighted by Crippen LogP contribution is 2.29. The summed E-state index contributed by atoms with van der Waals surface area (Å²) < 4.78 is 20.5. The van der Waals surface area contributed by atoms with Gasteiger partial charge in [-0.2, -0.15) is 5.26 Å². The predicted molar refractivity (Wildman–Crippen MR) is 90.3 cm³/mol. The molecule has 2 aromatic rings. The van der Waals surface area contributed by atoms with Crippen molar-refractivity contribution in [1.82, 2.24) is 9.29 Å². The quantitative estimate of drug-likeness (QED) is 0.817. The summed E-state index contributed by atoms with van der Waals surface area (Å²) in [4.78, 5) is 3.79. The Morgan fingerprint density at radius 1 is 1.35 bits per heavy atom. The van der Waals surface area contributed by atoms with Crippen molar-refractivity contribution < 1.29 is 9.13 Å². The Morgan fingerprint density at radius 2 is 2.09 bits per heavy atom. The zero-order chi connectivity index (χ0) is 16.7. The number of nitrogens with zero attached hydrogens (tertiary/aromatic N) is 3. The third-order valence-corrected chi connectivity index (χ3v) is 4.30. The molecule has 2 heterocycles. The van der Waals surface area contributed by atoms with Crippen molar-refractivity contribution in [3.05, 3.63) is 35.8 Å². The molecule has 1 fully saturated rings. The fourth-order valence-corrected chi connectivity index (χ4v) is 2.94. The van der Waals surface area contributed by atoms with Crippen LogP contribution >= 0.6 is 23.5 Å². The van der Waals surface area contributed by atoms with Crippen molar-refractivity contribution >= 4 is 28.6 Å². The molecule has 0 saturated carbocycles. The van der Waals surface area contributed by atoms with Crippen LogP contribution in [0.2, 0.25) is 0 Å². The monoisotopic (exact) mass is 353 g/mol. The average Bonchev–Trinajstić information content (AvgIpc) is 3.19. The van der Waals surface area contributed by atoms with Crippen molar-refractivity contribution in [3.8, 4) is 16.9 Å². The summed E-state index contributed by atoms with van der Waals surface area (Å²) in [5.41, 5.74) is 5.62. The van der Waals surface area contributed by atoms with Crippen molar-refractivity contribution in [2.75, 3.05) is 18.8 Å². The molecular formula is C14H16FN5OS2. The van der Waals surface area contributed by atoms with Gasteiger partial charge in [-0.1, -0.05) is 11.3 Å². The highest BCUT2D eigenvalue weighted by atomic mass is 32.2. The lowest BCUT2D eigenvalue weighted by atomic mass is 10.2. The van der Waals surface area contributed by atoms with Gasteiger partial charge in [-0.15, -0.1) is 0 Å². The van der Waals surface area contributed by atoms with Crippen LogP contribution in [0.3, 0.4) is 0 Å². The van der Waals surface area contributed by atoms with Crippen molar-refractivity contribution in [2.45, 2.75) is 12.8 Å². The summed E-state index contributed by atoms with van der Waals surface area (Å²) in [7, 11) is 0. The van der Waals surface area contributed by atoms with Crippen molar-refractivity contribution in [1.29, 1.82) is 5.26 Å². The molecule has 6 nitrogen and oxygen atoms in total. The molecule has 0 aliphatic carbocycles. The maximum Gasteiger partial charge on any atom is 0.202 e. The maximum atomic E-state index is 13.1. The highest BCUT2D eigenvalue weighted by molar-refractivity contribution is 7.94. The number of benzene rings is 1. The average molecular weight is 353 g/mol. The summed E-state index contributed by atoms with van der Waals surface area (Å²) in [6.07, 6.45) is 4.09. The van der Waals surface area contributed by atoms with Gasteiger partial charge in [0.2, 0.25) is 5.06 Å². The fourth-order valence-electron chi connectivity index (χ4n) is 1.92. The van der Waals surface area contributed by atoms with Gasteiger partial charge in [0.25, 0.3) is 0 Å². The number of anilines is 1. The van der Waals surface area contributed by atoms with Crippen LogP contribution in [-0.4, -0.2) is 22.4 Å². The van der Waals surface area contributed by atoms with E-state index in [1.54, 1.807) is 0 Å².